The minimum atomic E-state index is -0.706. The van der Waals surface area contributed by atoms with Crippen LogP contribution in [-0.4, -0.2) is 28.8 Å². The highest BCUT2D eigenvalue weighted by atomic mass is 35.5. The van der Waals surface area contributed by atoms with E-state index in [1.54, 1.807) is 23.1 Å². The van der Waals surface area contributed by atoms with Gasteiger partial charge in [0.2, 0.25) is 11.8 Å². The SMILES string of the molecule is O=C(NC1CCCC1)C(Cc1ccccc1)N(Cc1ccccc1Cl)C(=O)Cc1ccc(F)cc1. The summed E-state index contributed by atoms with van der Waals surface area (Å²) in [6.07, 6.45) is 4.56. The van der Waals surface area contributed by atoms with Crippen LogP contribution in [0.3, 0.4) is 0 Å². The maximum atomic E-state index is 13.7. The van der Waals surface area contributed by atoms with E-state index in [1.807, 2.05) is 48.5 Å². The Hall–Kier alpha value is -3.18. The topological polar surface area (TPSA) is 49.4 Å². The molecule has 4 nitrogen and oxygen atoms in total. The van der Waals surface area contributed by atoms with Crippen LogP contribution in [0.1, 0.15) is 42.4 Å². The van der Waals surface area contributed by atoms with Gasteiger partial charge in [0.1, 0.15) is 11.9 Å². The van der Waals surface area contributed by atoms with Gasteiger partial charge in [-0.15, -0.1) is 0 Å². The molecule has 182 valence electrons. The lowest BCUT2D eigenvalue weighted by molar-refractivity contribution is -0.141. The van der Waals surface area contributed by atoms with E-state index in [-0.39, 0.29) is 36.6 Å². The van der Waals surface area contributed by atoms with Crippen LogP contribution in [0.4, 0.5) is 4.39 Å². The van der Waals surface area contributed by atoms with Gasteiger partial charge in [0, 0.05) is 24.0 Å². The van der Waals surface area contributed by atoms with Crippen molar-refractivity contribution in [2.24, 2.45) is 0 Å². The van der Waals surface area contributed by atoms with Crippen LogP contribution in [0.2, 0.25) is 5.02 Å². The molecule has 0 bridgehead atoms. The third-order valence-electron chi connectivity index (χ3n) is 6.54. The molecule has 1 unspecified atom stereocenters. The molecule has 1 aliphatic rings. The molecule has 1 saturated carbocycles. The molecule has 4 rings (SSSR count). The lowest BCUT2D eigenvalue weighted by Crippen LogP contribution is -2.52. The van der Waals surface area contributed by atoms with Crippen molar-refractivity contribution in [3.63, 3.8) is 0 Å². The van der Waals surface area contributed by atoms with E-state index in [0.29, 0.717) is 17.0 Å². The van der Waals surface area contributed by atoms with Crippen molar-refractivity contribution in [1.29, 1.82) is 0 Å². The fraction of sp³-hybridized carbons (Fsp3) is 0.310. The molecule has 0 heterocycles. The molecule has 3 aromatic carbocycles. The first-order chi connectivity index (χ1) is 17.0. The fourth-order valence-corrected chi connectivity index (χ4v) is 4.81. The van der Waals surface area contributed by atoms with E-state index in [4.69, 9.17) is 11.6 Å². The molecule has 1 aliphatic carbocycles. The predicted octanol–water partition coefficient (Wildman–Crippen LogP) is 5.72. The third-order valence-corrected chi connectivity index (χ3v) is 6.91. The monoisotopic (exact) mass is 492 g/mol. The predicted molar refractivity (Wildman–Crippen MR) is 136 cm³/mol. The van der Waals surface area contributed by atoms with Crippen molar-refractivity contribution in [2.45, 2.75) is 57.2 Å². The normalized spacial score (nSPS) is 14.5. The molecule has 0 aromatic heterocycles. The lowest BCUT2D eigenvalue weighted by Gasteiger charge is -2.32. The quantitative estimate of drug-likeness (QED) is 0.415. The number of nitrogens with zero attached hydrogens (tertiary/aromatic N) is 1. The first kappa shape index (κ1) is 24.9. The van der Waals surface area contributed by atoms with E-state index in [1.165, 1.54) is 12.1 Å². The average Bonchev–Trinajstić information content (AvgIpc) is 3.37. The second-order valence-electron chi connectivity index (χ2n) is 9.11. The van der Waals surface area contributed by atoms with Gasteiger partial charge in [-0.1, -0.05) is 85.1 Å². The van der Waals surface area contributed by atoms with Crippen molar-refractivity contribution in [3.8, 4) is 0 Å². The molecule has 1 atom stereocenters. The number of carbonyl (C=O) groups excluding carboxylic acids is 2. The van der Waals surface area contributed by atoms with Crippen molar-refractivity contribution in [3.05, 3.63) is 106 Å². The van der Waals surface area contributed by atoms with Gasteiger partial charge in [-0.3, -0.25) is 9.59 Å². The largest absolute Gasteiger partial charge is 0.352 e. The molecule has 0 saturated heterocycles. The van der Waals surface area contributed by atoms with Crippen molar-refractivity contribution >= 4 is 23.4 Å². The Bertz CT molecular complexity index is 1130. The minimum absolute atomic E-state index is 0.0622. The molecule has 6 heteroatoms. The van der Waals surface area contributed by atoms with Crippen molar-refractivity contribution in [2.75, 3.05) is 0 Å². The summed E-state index contributed by atoms with van der Waals surface area (Å²) in [6, 6.07) is 22.4. The van der Waals surface area contributed by atoms with Crippen LogP contribution in [0.25, 0.3) is 0 Å². The third kappa shape index (κ3) is 6.92. The second-order valence-corrected chi connectivity index (χ2v) is 9.52. The maximum absolute atomic E-state index is 13.7. The Morgan fingerprint density at radius 3 is 2.26 bits per heavy atom. The van der Waals surface area contributed by atoms with Crippen molar-refractivity contribution in [1.82, 2.24) is 10.2 Å². The number of carbonyl (C=O) groups is 2. The smallest absolute Gasteiger partial charge is 0.243 e. The van der Waals surface area contributed by atoms with Crippen LogP contribution in [0, 0.1) is 5.82 Å². The number of rotatable bonds is 9. The first-order valence-corrected chi connectivity index (χ1v) is 12.5. The van der Waals surface area contributed by atoms with Crippen LogP contribution in [-0.2, 0) is 29.0 Å². The van der Waals surface area contributed by atoms with Crippen LogP contribution >= 0.6 is 11.6 Å². The average molecular weight is 493 g/mol. The first-order valence-electron chi connectivity index (χ1n) is 12.1. The summed E-state index contributed by atoms with van der Waals surface area (Å²) < 4.78 is 13.4. The standard InChI is InChI=1S/C29H30ClFN2O2/c30-26-13-7-4-10-23(26)20-33(28(34)19-22-14-16-24(31)17-15-22)27(18-21-8-2-1-3-9-21)29(35)32-25-11-5-6-12-25/h1-4,7-10,13-17,25,27H,5-6,11-12,18-20H2,(H,32,35). The molecule has 35 heavy (non-hydrogen) atoms. The molecule has 0 spiro atoms. The van der Waals surface area contributed by atoms with E-state index < -0.39 is 6.04 Å². The zero-order valence-electron chi connectivity index (χ0n) is 19.6. The summed E-state index contributed by atoms with van der Waals surface area (Å²) >= 11 is 6.45. The van der Waals surface area contributed by atoms with Crippen LogP contribution in [0.5, 0.6) is 0 Å². The fourth-order valence-electron chi connectivity index (χ4n) is 4.61. The Labute approximate surface area is 211 Å². The van der Waals surface area contributed by atoms with Gasteiger partial charge in [-0.05, 0) is 47.7 Å². The molecular formula is C29H30ClFN2O2. The summed E-state index contributed by atoms with van der Waals surface area (Å²) in [6.45, 7) is 0.204. The van der Waals surface area contributed by atoms with Gasteiger partial charge in [-0.2, -0.15) is 0 Å². The maximum Gasteiger partial charge on any atom is 0.243 e. The van der Waals surface area contributed by atoms with Gasteiger partial charge in [0.05, 0.1) is 6.42 Å². The number of halogens is 2. The summed E-state index contributed by atoms with van der Waals surface area (Å²) in [5.41, 5.74) is 2.43. The Balaban J connectivity index is 1.66. The Morgan fingerprint density at radius 1 is 0.914 bits per heavy atom. The Morgan fingerprint density at radius 2 is 1.57 bits per heavy atom. The number of hydrogen-bond acceptors (Lipinski definition) is 2. The van der Waals surface area contributed by atoms with E-state index in [9.17, 15) is 14.0 Å². The summed E-state index contributed by atoms with van der Waals surface area (Å²) in [4.78, 5) is 29.0. The van der Waals surface area contributed by atoms with Crippen LogP contribution < -0.4 is 5.32 Å². The van der Waals surface area contributed by atoms with Crippen LogP contribution in [0.15, 0.2) is 78.9 Å². The number of benzene rings is 3. The van der Waals surface area contributed by atoms with E-state index in [0.717, 1.165) is 36.8 Å². The molecule has 1 N–H and O–H groups in total. The minimum Gasteiger partial charge on any atom is -0.352 e. The van der Waals surface area contributed by atoms with Crippen molar-refractivity contribution < 1.29 is 14.0 Å². The highest BCUT2D eigenvalue weighted by Gasteiger charge is 2.32. The molecule has 2 amide bonds. The van der Waals surface area contributed by atoms with Gasteiger partial charge in [0.25, 0.3) is 0 Å². The zero-order valence-corrected chi connectivity index (χ0v) is 20.4. The lowest BCUT2D eigenvalue weighted by atomic mass is 10.0. The molecule has 1 fully saturated rings. The molecule has 3 aromatic rings. The van der Waals surface area contributed by atoms with E-state index in [2.05, 4.69) is 5.32 Å². The second kappa shape index (κ2) is 12.0. The summed E-state index contributed by atoms with van der Waals surface area (Å²) in [7, 11) is 0. The zero-order chi connectivity index (χ0) is 24.6. The van der Waals surface area contributed by atoms with Gasteiger partial charge in [0.15, 0.2) is 0 Å². The highest BCUT2D eigenvalue weighted by molar-refractivity contribution is 6.31. The number of amides is 2. The summed E-state index contributed by atoms with van der Waals surface area (Å²) in [5.74, 6) is -0.716. The van der Waals surface area contributed by atoms with Gasteiger partial charge < -0.3 is 10.2 Å². The summed E-state index contributed by atoms with van der Waals surface area (Å²) in [5, 5.41) is 3.73. The Kier molecular flexibility index (Phi) is 8.54. The number of nitrogens with one attached hydrogen (secondary N) is 1. The molecule has 0 radical (unpaired) electrons. The molecular weight excluding hydrogens is 463 g/mol. The highest BCUT2D eigenvalue weighted by Crippen LogP contribution is 2.23. The van der Waals surface area contributed by atoms with Gasteiger partial charge in [-0.25, -0.2) is 4.39 Å². The van der Waals surface area contributed by atoms with E-state index >= 15 is 0 Å². The number of hydrogen-bond donors (Lipinski definition) is 1. The molecule has 0 aliphatic heterocycles. The van der Waals surface area contributed by atoms with Gasteiger partial charge >= 0.3 is 0 Å².